The highest BCUT2D eigenvalue weighted by Gasteiger charge is 2.02. The van der Waals surface area contributed by atoms with Gasteiger partial charge in [-0.2, -0.15) is 0 Å². The van der Waals surface area contributed by atoms with Crippen LogP contribution in [0.2, 0.25) is 0 Å². The molecule has 0 aliphatic rings. The summed E-state index contributed by atoms with van der Waals surface area (Å²) in [5.74, 6) is 0. The van der Waals surface area contributed by atoms with E-state index in [-0.39, 0.29) is 0 Å². The van der Waals surface area contributed by atoms with Crippen LogP contribution in [0.1, 0.15) is 18.3 Å². The van der Waals surface area contributed by atoms with Gasteiger partial charge in [-0.15, -0.1) is 5.73 Å². The predicted molar refractivity (Wildman–Crippen MR) is 55.4 cm³/mol. The molecule has 0 aliphatic carbocycles. The van der Waals surface area contributed by atoms with Gasteiger partial charge in [0, 0.05) is 5.69 Å². The van der Waals surface area contributed by atoms with E-state index in [1.54, 1.807) is 6.08 Å². The molecule has 0 radical (unpaired) electrons. The largest absolute Gasteiger partial charge is 0.330 e. The topological polar surface area (TPSA) is 17.8 Å². The predicted octanol–water partition coefficient (Wildman–Crippen LogP) is 2.57. The molecule has 0 bridgehead atoms. The smallest absolute Gasteiger partial charge is 0.0958 e. The Morgan fingerprint density at radius 1 is 1.77 bits per heavy atom. The molecule has 0 unspecified atom stereocenters. The Bertz CT molecular complexity index is 365. The fraction of sp³-hybridized carbons (Fsp3) is 0.273. The van der Waals surface area contributed by atoms with Gasteiger partial charge in [0.2, 0.25) is 0 Å². The van der Waals surface area contributed by atoms with Crippen LogP contribution in [0.3, 0.4) is 0 Å². The number of nitrogens with zero attached hydrogens (tertiary/aromatic N) is 2. The molecule has 0 atom stereocenters. The third kappa shape index (κ3) is 1.98. The second-order valence-corrected chi connectivity index (χ2v) is 3.00. The summed E-state index contributed by atoms with van der Waals surface area (Å²) in [6.07, 6.45) is 3.58. The molecule has 68 valence electrons. The molecule has 1 heterocycles. The maximum Gasteiger partial charge on any atom is 0.0958 e. The Morgan fingerprint density at radius 3 is 2.92 bits per heavy atom. The Labute approximate surface area is 78.9 Å². The summed E-state index contributed by atoms with van der Waals surface area (Å²) < 4.78 is 2.06. The molecule has 13 heavy (non-hydrogen) atoms. The number of allylic oxidation sites excluding steroid dienone is 1. The van der Waals surface area contributed by atoms with E-state index in [4.69, 9.17) is 0 Å². The molecule has 2 nitrogen and oxygen atoms in total. The van der Waals surface area contributed by atoms with E-state index in [0.717, 1.165) is 23.5 Å². The van der Waals surface area contributed by atoms with Gasteiger partial charge in [-0.3, -0.25) is 0 Å². The van der Waals surface area contributed by atoms with Crippen LogP contribution in [-0.2, 0) is 6.54 Å². The summed E-state index contributed by atoms with van der Waals surface area (Å²) in [4.78, 5) is 4.20. The van der Waals surface area contributed by atoms with Crippen LogP contribution in [0.4, 0.5) is 0 Å². The molecule has 0 saturated heterocycles. The molecule has 0 fully saturated rings. The lowest BCUT2D eigenvalue weighted by atomic mass is 10.3. The highest BCUT2D eigenvalue weighted by molar-refractivity contribution is 5.44. The van der Waals surface area contributed by atoms with Crippen LogP contribution in [0, 0.1) is 6.92 Å². The van der Waals surface area contributed by atoms with Crippen molar-refractivity contribution in [1.29, 1.82) is 0 Å². The van der Waals surface area contributed by atoms with Crippen molar-refractivity contribution >= 4 is 6.08 Å². The van der Waals surface area contributed by atoms with E-state index < -0.39 is 0 Å². The summed E-state index contributed by atoms with van der Waals surface area (Å²) in [5.41, 5.74) is 6.04. The minimum absolute atomic E-state index is 0.802. The number of hydrogen-bond acceptors (Lipinski definition) is 1. The molecule has 0 aliphatic heterocycles. The van der Waals surface area contributed by atoms with Crippen LogP contribution >= 0.6 is 0 Å². The van der Waals surface area contributed by atoms with Crippen molar-refractivity contribution in [2.45, 2.75) is 20.4 Å². The van der Waals surface area contributed by atoms with Gasteiger partial charge in [-0.1, -0.05) is 13.2 Å². The van der Waals surface area contributed by atoms with Gasteiger partial charge in [-0.25, -0.2) is 4.98 Å². The van der Waals surface area contributed by atoms with Crippen molar-refractivity contribution in [2.75, 3.05) is 0 Å². The molecule has 0 spiro atoms. The second kappa shape index (κ2) is 3.92. The van der Waals surface area contributed by atoms with Crippen molar-refractivity contribution < 1.29 is 0 Å². The normalized spacial score (nSPS) is 9.38. The van der Waals surface area contributed by atoms with Crippen LogP contribution < -0.4 is 0 Å². The van der Waals surface area contributed by atoms with Crippen LogP contribution in [0.15, 0.2) is 30.8 Å². The first-order chi connectivity index (χ1) is 6.19. The number of hydrogen-bond donors (Lipinski definition) is 0. The molecule has 0 aromatic carbocycles. The maximum atomic E-state index is 4.20. The average Bonchev–Trinajstić information content (AvgIpc) is 2.48. The summed E-state index contributed by atoms with van der Waals surface area (Å²) in [6.45, 7) is 12.1. The Hall–Kier alpha value is -1.53. The molecule has 0 N–H and O–H groups in total. The van der Waals surface area contributed by atoms with E-state index in [1.165, 1.54) is 0 Å². The lowest BCUT2D eigenvalue weighted by molar-refractivity contribution is 0.758. The Morgan fingerprint density at radius 2 is 2.46 bits per heavy atom. The Kier molecular flexibility index (Phi) is 2.88. The van der Waals surface area contributed by atoms with Crippen LogP contribution in [-0.4, -0.2) is 9.55 Å². The van der Waals surface area contributed by atoms with Crippen LogP contribution in [0.5, 0.6) is 0 Å². The van der Waals surface area contributed by atoms with Crippen molar-refractivity contribution in [3.8, 4) is 0 Å². The fourth-order valence-corrected chi connectivity index (χ4v) is 1.13. The van der Waals surface area contributed by atoms with Gasteiger partial charge < -0.3 is 4.57 Å². The zero-order valence-corrected chi connectivity index (χ0v) is 8.17. The first kappa shape index (κ1) is 9.56. The van der Waals surface area contributed by atoms with Gasteiger partial charge in [0.15, 0.2) is 0 Å². The van der Waals surface area contributed by atoms with E-state index in [2.05, 4.69) is 28.4 Å². The van der Waals surface area contributed by atoms with E-state index >= 15 is 0 Å². The molecule has 1 aromatic heterocycles. The summed E-state index contributed by atoms with van der Waals surface area (Å²) in [7, 11) is 0. The lowest BCUT2D eigenvalue weighted by Gasteiger charge is -2.03. The zero-order chi connectivity index (χ0) is 9.84. The second-order valence-electron chi connectivity index (χ2n) is 3.00. The van der Waals surface area contributed by atoms with E-state index in [1.807, 2.05) is 20.2 Å². The van der Waals surface area contributed by atoms with Gasteiger partial charge in [0.1, 0.15) is 0 Å². The van der Waals surface area contributed by atoms with Crippen molar-refractivity contribution in [3.05, 3.63) is 42.2 Å². The zero-order valence-electron chi connectivity index (χ0n) is 8.17. The van der Waals surface area contributed by atoms with Crippen LogP contribution in [0.25, 0.3) is 6.08 Å². The lowest BCUT2D eigenvalue weighted by Crippen LogP contribution is -1.99. The number of aromatic nitrogens is 2. The molecular formula is C11H14N2. The van der Waals surface area contributed by atoms with Gasteiger partial charge in [0.05, 0.1) is 18.6 Å². The quantitative estimate of drug-likeness (QED) is 0.644. The van der Waals surface area contributed by atoms with Gasteiger partial charge in [-0.05, 0) is 25.5 Å². The third-order valence-electron chi connectivity index (χ3n) is 2.04. The molecular weight excluding hydrogens is 160 g/mol. The average molecular weight is 174 g/mol. The van der Waals surface area contributed by atoms with E-state index in [0.29, 0.717) is 0 Å². The number of imidazole rings is 1. The van der Waals surface area contributed by atoms with Crippen molar-refractivity contribution in [1.82, 2.24) is 9.55 Å². The van der Waals surface area contributed by atoms with Crippen molar-refractivity contribution in [2.24, 2.45) is 0 Å². The van der Waals surface area contributed by atoms with Gasteiger partial charge >= 0.3 is 0 Å². The monoisotopic (exact) mass is 174 g/mol. The molecule has 0 amide bonds. The first-order valence-corrected chi connectivity index (χ1v) is 4.18. The highest BCUT2D eigenvalue weighted by Crippen LogP contribution is 2.08. The first-order valence-electron chi connectivity index (χ1n) is 4.18. The Balaban J connectivity index is 2.96. The summed E-state index contributed by atoms with van der Waals surface area (Å²) in [6, 6.07) is 0. The number of rotatable bonds is 3. The minimum atomic E-state index is 0.802. The molecule has 1 rings (SSSR count). The van der Waals surface area contributed by atoms with E-state index in [9.17, 15) is 0 Å². The maximum absolute atomic E-state index is 4.20. The van der Waals surface area contributed by atoms with Gasteiger partial charge in [0.25, 0.3) is 0 Å². The minimum Gasteiger partial charge on any atom is -0.330 e. The fourth-order valence-electron chi connectivity index (χ4n) is 1.13. The summed E-state index contributed by atoms with van der Waals surface area (Å²) in [5, 5.41) is 0. The highest BCUT2D eigenvalue weighted by atomic mass is 15.0. The summed E-state index contributed by atoms with van der Waals surface area (Å²) >= 11 is 0. The molecule has 1 aromatic rings. The molecule has 0 saturated carbocycles. The standard InChI is InChI=1S/C11H14N2/c1-5-9(3)7-13-8-12-11(6-2)10(13)4/h6,8H,1-2,7H2,3-4H3. The SMILES string of the molecule is C=C=C(C)Cn1cnc(C=C)c1C. The van der Waals surface area contributed by atoms with Crippen molar-refractivity contribution in [3.63, 3.8) is 0 Å². The molecule has 2 heteroatoms. The third-order valence-corrected chi connectivity index (χ3v) is 2.04.